The van der Waals surface area contributed by atoms with Crippen LogP contribution in [0.15, 0.2) is 36.0 Å². The number of allylic oxidation sites excluding steroid dienone is 6. The molecule has 0 aromatic carbocycles. The second-order valence-electron chi connectivity index (χ2n) is 3.43. The average molecular weight is 164 g/mol. The molecule has 68 valence electrons. The fourth-order valence-corrected chi connectivity index (χ4v) is 1.19. The van der Waals surface area contributed by atoms with Crippen molar-refractivity contribution in [2.24, 2.45) is 5.41 Å². The molecule has 0 saturated carbocycles. The standard InChI is InChI=1S/C10H14.C2H6/c1-9-6-4-5-7-10(2,3)8-9;1-2/h4-8H,1-3H3;1-2H3. The molecule has 0 heterocycles. The zero-order valence-corrected chi connectivity index (χ0v) is 8.89. The van der Waals surface area contributed by atoms with E-state index in [9.17, 15) is 0 Å². The molecule has 0 radical (unpaired) electrons. The third-order valence-corrected chi connectivity index (χ3v) is 1.60. The summed E-state index contributed by atoms with van der Waals surface area (Å²) in [7, 11) is 0. The van der Waals surface area contributed by atoms with E-state index in [4.69, 9.17) is 0 Å². The van der Waals surface area contributed by atoms with Gasteiger partial charge in [0.1, 0.15) is 0 Å². The van der Waals surface area contributed by atoms with Crippen LogP contribution in [0.1, 0.15) is 34.6 Å². The molecular formula is C12H20. The Morgan fingerprint density at radius 1 is 1.08 bits per heavy atom. The number of hydrogen-bond acceptors (Lipinski definition) is 0. The van der Waals surface area contributed by atoms with Crippen LogP contribution in [0.5, 0.6) is 0 Å². The third-order valence-electron chi connectivity index (χ3n) is 1.60. The summed E-state index contributed by atoms with van der Waals surface area (Å²) < 4.78 is 0. The minimum atomic E-state index is 0.230. The van der Waals surface area contributed by atoms with Crippen molar-refractivity contribution in [1.82, 2.24) is 0 Å². The summed E-state index contributed by atoms with van der Waals surface area (Å²) >= 11 is 0. The van der Waals surface area contributed by atoms with Crippen molar-refractivity contribution in [1.29, 1.82) is 0 Å². The molecule has 12 heavy (non-hydrogen) atoms. The lowest BCUT2D eigenvalue weighted by molar-refractivity contribution is 0.623. The van der Waals surface area contributed by atoms with Crippen molar-refractivity contribution in [3.63, 3.8) is 0 Å². The lowest BCUT2D eigenvalue weighted by Gasteiger charge is -2.13. The first-order valence-corrected chi connectivity index (χ1v) is 4.65. The lowest BCUT2D eigenvalue weighted by atomic mass is 9.92. The van der Waals surface area contributed by atoms with Gasteiger partial charge in [-0.15, -0.1) is 0 Å². The fourth-order valence-electron chi connectivity index (χ4n) is 1.19. The first-order valence-electron chi connectivity index (χ1n) is 4.65. The Hall–Kier alpha value is -0.780. The van der Waals surface area contributed by atoms with E-state index in [1.165, 1.54) is 5.57 Å². The van der Waals surface area contributed by atoms with Gasteiger partial charge in [-0.2, -0.15) is 0 Å². The molecule has 0 bridgehead atoms. The predicted octanol–water partition coefficient (Wildman–Crippen LogP) is 4.11. The molecule has 0 fully saturated rings. The zero-order chi connectivity index (χ0) is 9.61. The van der Waals surface area contributed by atoms with E-state index >= 15 is 0 Å². The quantitative estimate of drug-likeness (QED) is 0.505. The van der Waals surface area contributed by atoms with Crippen LogP contribution in [0.4, 0.5) is 0 Å². The van der Waals surface area contributed by atoms with Crippen LogP contribution >= 0.6 is 0 Å². The number of rotatable bonds is 0. The molecule has 0 aliphatic heterocycles. The molecule has 1 rings (SSSR count). The monoisotopic (exact) mass is 164 g/mol. The lowest BCUT2D eigenvalue weighted by Crippen LogP contribution is -2.01. The highest BCUT2D eigenvalue weighted by atomic mass is 14.1. The van der Waals surface area contributed by atoms with Crippen LogP contribution in [0.25, 0.3) is 0 Å². The highest BCUT2D eigenvalue weighted by Crippen LogP contribution is 2.23. The second-order valence-corrected chi connectivity index (χ2v) is 3.43. The van der Waals surface area contributed by atoms with Gasteiger partial charge in [-0.3, -0.25) is 0 Å². The van der Waals surface area contributed by atoms with Gasteiger partial charge in [-0.1, -0.05) is 63.6 Å². The van der Waals surface area contributed by atoms with Gasteiger partial charge >= 0.3 is 0 Å². The first kappa shape index (κ1) is 11.2. The summed E-state index contributed by atoms with van der Waals surface area (Å²) in [6.07, 6.45) is 10.8. The van der Waals surface area contributed by atoms with E-state index in [-0.39, 0.29) is 5.41 Å². The van der Waals surface area contributed by atoms with Gasteiger partial charge in [0.25, 0.3) is 0 Å². The van der Waals surface area contributed by atoms with Crippen LogP contribution in [-0.4, -0.2) is 0 Å². The van der Waals surface area contributed by atoms with E-state index < -0.39 is 0 Å². The Kier molecular flexibility index (Phi) is 4.65. The molecule has 0 N–H and O–H groups in total. The molecule has 1 aliphatic carbocycles. The maximum absolute atomic E-state index is 2.27. The molecule has 0 aromatic rings. The molecule has 0 aromatic heterocycles. The van der Waals surface area contributed by atoms with Crippen LogP contribution < -0.4 is 0 Å². The molecule has 0 atom stereocenters. The summed E-state index contributed by atoms with van der Waals surface area (Å²) in [5.41, 5.74) is 1.57. The molecule has 0 amide bonds. The Bertz CT molecular complexity index is 202. The molecule has 0 heteroatoms. The molecule has 1 aliphatic rings. The summed E-state index contributed by atoms with van der Waals surface area (Å²) in [6.45, 7) is 10.5. The second kappa shape index (κ2) is 4.97. The van der Waals surface area contributed by atoms with Crippen LogP contribution in [0.2, 0.25) is 0 Å². The van der Waals surface area contributed by atoms with Crippen molar-refractivity contribution in [2.75, 3.05) is 0 Å². The normalized spacial score (nSPS) is 18.9. The predicted molar refractivity (Wildman–Crippen MR) is 57.2 cm³/mol. The van der Waals surface area contributed by atoms with Crippen molar-refractivity contribution in [2.45, 2.75) is 34.6 Å². The first-order chi connectivity index (χ1) is 5.60. The Morgan fingerprint density at radius 2 is 1.67 bits per heavy atom. The topological polar surface area (TPSA) is 0 Å². The maximum atomic E-state index is 2.27. The van der Waals surface area contributed by atoms with Gasteiger partial charge in [-0.05, 0) is 6.92 Å². The van der Waals surface area contributed by atoms with Crippen LogP contribution in [0.3, 0.4) is 0 Å². The summed E-state index contributed by atoms with van der Waals surface area (Å²) in [4.78, 5) is 0. The molecule has 0 nitrogen and oxygen atoms in total. The van der Waals surface area contributed by atoms with Crippen LogP contribution in [0, 0.1) is 5.41 Å². The summed E-state index contributed by atoms with van der Waals surface area (Å²) in [5.74, 6) is 0. The van der Waals surface area contributed by atoms with Gasteiger partial charge < -0.3 is 0 Å². The fraction of sp³-hybridized carbons (Fsp3) is 0.500. The summed E-state index contributed by atoms with van der Waals surface area (Å²) in [5, 5.41) is 0. The Balaban J connectivity index is 0.000000561. The Labute approximate surface area is 76.7 Å². The minimum absolute atomic E-state index is 0.230. The van der Waals surface area contributed by atoms with Gasteiger partial charge in [0, 0.05) is 5.41 Å². The van der Waals surface area contributed by atoms with Gasteiger partial charge in [-0.25, -0.2) is 0 Å². The van der Waals surface area contributed by atoms with E-state index in [2.05, 4.69) is 51.2 Å². The minimum Gasteiger partial charge on any atom is -0.0751 e. The molecular weight excluding hydrogens is 144 g/mol. The molecule has 0 unspecified atom stereocenters. The van der Waals surface area contributed by atoms with Gasteiger partial charge in [0.15, 0.2) is 0 Å². The molecule has 0 saturated heterocycles. The van der Waals surface area contributed by atoms with Gasteiger partial charge in [0.05, 0.1) is 0 Å². The third kappa shape index (κ3) is 4.17. The van der Waals surface area contributed by atoms with Crippen molar-refractivity contribution >= 4 is 0 Å². The van der Waals surface area contributed by atoms with Crippen molar-refractivity contribution in [3.05, 3.63) is 36.0 Å². The van der Waals surface area contributed by atoms with Crippen LogP contribution in [-0.2, 0) is 0 Å². The highest BCUT2D eigenvalue weighted by Gasteiger charge is 2.09. The van der Waals surface area contributed by atoms with E-state index in [1.54, 1.807) is 0 Å². The van der Waals surface area contributed by atoms with E-state index in [0.29, 0.717) is 0 Å². The SMILES string of the molecule is CC.CC1=CC(C)(C)C=CC=C1. The highest BCUT2D eigenvalue weighted by molar-refractivity contribution is 5.28. The van der Waals surface area contributed by atoms with E-state index in [0.717, 1.165) is 0 Å². The Morgan fingerprint density at radius 3 is 2.25 bits per heavy atom. The van der Waals surface area contributed by atoms with Crippen molar-refractivity contribution < 1.29 is 0 Å². The smallest absolute Gasteiger partial charge is 0.00132 e. The largest absolute Gasteiger partial charge is 0.0751 e. The molecule has 0 spiro atoms. The maximum Gasteiger partial charge on any atom is 0.00132 e. The van der Waals surface area contributed by atoms with Gasteiger partial charge in [0.2, 0.25) is 0 Å². The average Bonchev–Trinajstić information content (AvgIpc) is 2.14. The summed E-state index contributed by atoms with van der Waals surface area (Å²) in [6, 6.07) is 0. The zero-order valence-electron chi connectivity index (χ0n) is 8.89. The van der Waals surface area contributed by atoms with E-state index in [1.807, 2.05) is 13.8 Å². The van der Waals surface area contributed by atoms with Crippen molar-refractivity contribution in [3.8, 4) is 0 Å². The number of hydrogen-bond donors (Lipinski definition) is 0.